The maximum atomic E-state index is 5.93. The molecule has 4 rings (SSSR count). The van der Waals surface area contributed by atoms with Gasteiger partial charge in [0.2, 0.25) is 0 Å². The smallest absolute Gasteiger partial charge is 0.286 e. The van der Waals surface area contributed by atoms with Crippen LogP contribution in [-0.4, -0.2) is 51.1 Å². The van der Waals surface area contributed by atoms with Gasteiger partial charge in [-0.25, -0.2) is 0 Å². The van der Waals surface area contributed by atoms with Crippen LogP contribution in [0.2, 0.25) is 0 Å². The van der Waals surface area contributed by atoms with Crippen LogP contribution in [0.25, 0.3) is 0 Å². The largest absolute Gasteiger partial charge is 0.327 e. The van der Waals surface area contributed by atoms with Crippen LogP contribution in [-0.2, 0) is 28.4 Å². The van der Waals surface area contributed by atoms with E-state index in [0.717, 1.165) is 12.8 Å². The van der Waals surface area contributed by atoms with Gasteiger partial charge in [0.05, 0.1) is 51.0 Å². The van der Waals surface area contributed by atoms with Gasteiger partial charge < -0.3 is 28.4 Å². The molecule has 0 aromatic carbocycles. The van der Waals surface area contributed by atoms with E-state index in [1.807, 2.05) is 6.92 Å². The fraction of sp³-hybridized carbons (Fsp3) is 1.00. The minimum absolute atomic E-state index is 0.0595. The zero-order valence-corrected chi connectivity index (χ0v) is 11.1. The Morgan fingerprint density at radius 3 is 1.95 bits per heavy atom. The molecule has 0 bridgehead atoms. The van der Waals surface area contributed by atoms with Crippen LogP contribution in [0, 0.1) is 11.8 Å². The summed E-state index contributed by atoms with van der Waals surface area (Å²) in [5.74, 6) is -1.62. The maximum Gasteiger partial charge on any atom is 0.286 e. The van der Waals surface area contributed by atoms with Crippen LogP contribution in [0.15, 0.2) is 0 Å². The molecule has 6 heteroatoms. The fourth-order valence-corrected chi connectivity index (χ4v) is 3.68. The Kier molecular flexibility index (Phi) is 2.88. The zero-order chi connectivity index (χ0) is 12.9. The lowest BCUT2D eigenvalue weighted by Crippen LogP contribution is -2.48. The summed E-state index contributed by atoms with van der Waals surface area (Å²) in [6.07, 6.45) is 1.83. The maximum absolute atomic E-state index is 5.93. The molecule has 4 fully saturated rings. The van der Waals surface area contributed by atoms with Crippen molar-refractivity contribution in [1.82, 2.24) is 0 Å². The Bertz CT molecular complexity index is 350. The van der Waals surface area contributed by atoms with Gasteiger partial charge in [-0.2, -0.15) is 0 Å². The summed E-state index contributed by atoms with van der Waals surface area (Å²) in [5.41, 5.74) is 0. The minimum atomic E-state index is -0.917. The minimum Gasteiger partial charge on any atom is -0.327 e. The van der Waals surface area contributed by atoms with E-state index < -0.39 is 11.9 Å². The summed E-state index contributed by atoms with van der Waals surface area (Å²) in [6.45, 7) is 5.01. The van der Waals surface area contributed by atoms with Crippen LogP contribution in [0.4, 0.5) is 0 Å². The molecule has 4 aliphatic rings. The third-order valence-corrected chi connectivity index (χ3v) is 4.43. The predicted octanol–water partition coefficient (Wildman–Crippen LogP) is 0.849. The average molecular weight is 272 g/mol. The molecule has 2 spiro atoms. The second-order valence-corrected chi connectivity index (χ2v) is 5.63. The van der Waals surface area contributed by atoms with Crippen molar-refractivity contribution in [2.45, 2.75) is 37.8 Å². The highest BCUT2D eigenvalue weighted by Gasteiger charge is 2.63. The topological polar surface area (TPSA) is 55.4 Å². The van der Waals surface area contributed by atoms with Gasteiger partial charge >= 0.3 is 0 Å². The van der Waals surface area contributed by atoms with Crippen LogP contribution >= 0.6 is 0 Å². The lowest BCUT2D eigenvalue weighted by Gasteiger charge is -2.36. The van der Waals surface area contributed by atoms with Crippen molar-refractivity contribution < 1.29 is 28.4 Å². The van der Waals surface area contributed by atoms with Crippen molar-refractivity contribution >= 4 is 0 Å². The quantitative estimate of drug-likeness (QED) is 0.705. The first-order valence-electron chi connectivity index (χ1n) is 7.12. The Morgan fingerprint density at radius 2 is 1.32 bits per heavy atom. The molecule has 0 radical (unpaired) electrons. The molecule has 0 saturated carbocycles. The second-order valence-electron chi connectivity index (χ2n) is 5.63. The van der Waals surface area contributed by atoms with Crippen LogP contribution < -0.4 is 0 Å². The van der Waals surface area contributed by atoms with Gasteiger partial charge in [0.15, 0.2) is 0 Å². The molecule has 0 aromatic heterocycles. The molecule has 4 heterocycles. The highest BCUT2D eigenvalue weighted by Crippen LogP contribution is 2.51. The van der Waals surface area contributed by atoms with Crippen LogP contribution in [0.5, 0.6) is 0 Å². The van der Waals surface area contributed by atoms with Gasteiger partial charge in [0, 0.05) is 0 Å². The third-order valence-electron chi connectivity index (χ3n) is 4.43. The molecule has 0 aliphatic carbocycles. The monoisotopic (exact) mass is 272 g/mol. The number of ether oxygens (including phenoxy) is 6. The Labute approximate surface area is 112 Å². The molecular weight excluding hydrogens is 252 g/mol. The summed E-state index contributed by atoms with van der Waals surface area (Å²) in [4.78, 5) is 0. The fourth-order valence-electron chi connectivity index (χ4n) is 3.68. The second kappa shape index (κ2) is 4.38. The summed E-state index contributed by atoms with van der Waals surface area (Å²) in [7, 11) is 0. The molecule has 108 valence electrons. The SMILES string of the molecule is CC1COC2(OCCC2C2CCOC23OCCO3)O1. The van der Waals surface area contributed by atoms with Gasteiger partial charge in [-0.3, -0.25) is 0 Å². The average Bonchev–Trinajstić information content (AvgIpc) is 3.14. The predicted molar refractivity (Wildman–Crippen MR) is 62.0 cm³/mol. The molecule has 0 aromatic rings. The Morgan fingerprint density at radius 1 is 0.737 bits per heavy atom. The first-order chi connectivity index (χ1) is 9.24. The van der Waals surface area contributed by atoms with Gasteiger partial charge in [-0.15, -0.1) is 0 Å². The van der Waals surface area contributed by atoms with E-state index in [1.54, 1.807) is 0 Å². The summed E-state index contributed by atoms with van der Waals surface area (Å²) < 4.78 is 34.8. The first-order valence-corrected chi connectivity index (χ1v) is 7.12. The molecule has 4 aliphatic heterocycles. The van der Waals surface area contributed by atoms with Gasteiger partial charge in [-0.1, -0.05) is 0 Å². The van der Waals surface area contributed by atoms with Gasteiger partial charge in [0.1, 0.15) is 0 Å². The molecular formula is C13H20O6. The van der Waals surface area contributed by atoms with Crippen molar-refractivity contribution in [3.63, 3.8) is 0 Å². The summed E-state index contributed by atoms with van der Waals surface area (Å²) in [6, 6.07) is 0. The van der Waals surface area contributed by atoms with Crippen molar-refractivity contribution in [3.05, 3.63) is 0 Å². The molecule has 0 amide bonds. The van der Waals surface area contributed by atoms with E-state index in [4.69, 9.17) is 28.4 Å². The van der Waals surface area contributed by atoms with Crippen LogP contribution in [0.1, 0.15) is 19.8 Å². The lowest BCUT2D eigenvalue weighted by atomic mass is 9.85. The number of hydrogen-bond acceptors (Lipinski definition) is 6. The normalized spacial score (nSPS) is 48.8. The molecule has 4 atom stereocenters. The molecule has 4 saturated heterocycles. The summed E-state index contributed by atoms with van der Waals surface area (Å²) in [5, 5.41) is 0. The van der Waals surface area contributed by atoms with E-state index in [-0.39, 0.29) is 17.9 Å². The van der Waals surface area contributed by atoms with Crippen molar-refractivity contribution in [3.8, 4) is 0 Å². The number of hydrogen-bond donors (Lipinski definition) is 0. The zero-order valence-electron chi connectivity index (χ0n) is 11.1. The third kappa shape index (κ3) is 1.78. The van der Waals surface area contributed by atoms with E-state index in [0.29, 0.717) is 33.0 Å². The van der Waals surface area contributed by atoms with E-state index in [2.05, 4.69) is 0 Å². The molecule has 19 heavy (non-hydrogen) atoms. The van der Waals surface area contributed by atoms with Crippen molar-refractivity contribution in [2.75, 3.05) is 33.0 Å². The number of rotatable bonds is 1. The van der Waals surface area contributed by atoms with Crippen LogP contribution in [0.3, 0.4) is 0 Å². The van der Waals surface area contributed by atoms with Gasteiger partial charge in [0.25, 0.3) is 11.9 Å². The van der Waals surface area contributed by atoms with Crippen molar-refractivity contribution in [1.29, 1.82) is 0 Å². The molecule has 6 nitrogen and oxygen atoms in total. The molecule has 4 unspecified atom stereocenters. The first kappa shape index (κ1) is 12.5. The highest BCUT2D eigenvalue weighted by molar-refractivity contribution is 4.93. The Balaban J connectivity index is 1.60. The van der Waals surface area contributed by atoms with E-state index >= 15 is 0 Å². The highest BCUT2D eigenvalue weighted by atomic mass is 16.9. The standard InChI is InChI=1S/C13H20O6/c1-9-8-18-13(19-9)11(3-5-15-13)10-2-4-14-12(10)16-6-7-17-12/h9-11H,2-8H2,1H3. The Hall–Kier alpha value is -0.240. The van der Waals surface area contributed by atoms with E-state index in [9.17, 15) is 0 Å². The van der Waals surface area contributed by atoms with Gasteiger partial charge in [-0.05, 0) is 19.8 Å². The van der Waals surface area contributed by atoms with Crippen molar-refractivity contribution in [2.24, 2.45) is 11.8 Å². The lowest BCUT2D eigenvalue weighted by molar-refractivity contribution is -0.378. The molecule has 0 N–H and O–H groups in total. The summed E-state index contributed by atoms with van der Waals surface area (Å²) >= 11 is 0. The van der Waals surface area contributed by atoms with E-state index in [1.165, 1.54) is 0 Å².